The number of hydrogen-bond acceptors (Lipinski definition) is 1. The van der Waals surface area contributed by atoms with Crippen molar-refractivity contribution in [3.63, 3.8) is 0 Å². The van der Waals surface area contributed by atoms with E-state index in [-0.39, 0.29) is 6.42 Å². The van der Waals surface area contributed by atoms with Crippen LogP contribution in [-0.2, 0) is 5.54 Å². The van der Waals surface area contributed by atoms with Gasteiger partial charge in [0.05, 0.1) is 0 Å². The van der Waals surface area contributed by atoms with Crippen LogP contribution >= 0.6 is 0 Å². The summed E-state index contributed by atoms with van der Waals surface area (Å²) in [5.74, 6) is -2.65. The molecule has 19 heavy (non-hydrogen) atoms. The molecule has 1 saturated carbocycles. The highest BCUT2D eigenvalue weighted by molar-refractivity contribution is 5.29. The van der Waals surface area contributed by atoms with Crippen molar-refractivity contribution < 1.29 is 8.78 Å². The Morgan fingerprint density at radius 3 is 2.11 bits per heavy atom. The Morgan fingerprint density at radius 1 is 1.00 bits per heavy atom. The zero-order valence-corrected chi connectivity index (χ0v) is 11.8. The van der Waals surface area contributed by atoms with Crippen LogP contribution in [0.2, 0.25) is 0 Å². The number of alkyl halides is 2. The minimum Gasteiger partial charge on any atom is -0.289 e. The molecular formula is C16H23F2N. The molecule has 0 radical (unpaired) electrons. The van der Waals surface area contributed by atoms with E-state index in [9.17, 15) is 8.78 Å². The summed E-state index contributed by atoms with van der Waals surface area (Å²) in [6.45, 7) is 5.25. The first kappa shape index (κ1) is 14.4. The summed E-state index contributed by atoms with van der Waals surface area (Å²) >= 11 is 0. The average Bonchev–Trinajstić information content (AvgIpc) is 2.42. The molecule has 1 aliphatic carbocycles. The van der Waals surface area contributed by atoms with Gasteiger partial charge >= 0.3 is 0 Å². The van der Waals surface area contributed by atoms with E-state index in [1.165, 1.54) is 0 Å². The van der Waals surface area contributed by atoms with E-state index in [1.807, 2.05) is 49.1 Å². The summed E-state index contributed by atoms with van der Waals surface area (Å²) in [5.41, 5.74) is -0.348. The van der Waals surface area contributed by atoms with Gasteiger partial charge in [-0.1, -0.05) is 50.6 Å². The smallest absolute Gasteiger partial charge is 0.270 e. The molecule has 0 spiro atoms. The van der Waals surface area contributed by atoms with Crippen LogP contribution in [-0.4, -0.2) is 23.9 Å². The third-order valence-corrected chi connectivity index (χ3v) is 4.44. The van der Waals surface area contributed by atoms with Crippen LogP contribution in [0.25, 0.3) is 0 Å². The predicted molar refractivity (Wildman–Crippen MR) is 74.5 cm³/mol. The fraction of sp³-hybridized carbons (Fsp3) is 0.625. The lowest BCUT2D eigenvalue weighted by atomic mass is 9.72. The summed E-state index contributed by atoms with van der Waals surface area (Å²) < 4.78 is 29.6. The van der Waals surface area contributed by atoms with Gasteiger partial charge in [0.2, 0.25) is 0 Å². The van der Waals surface area contributed by atoms with Crippen LogP contribution in [0.3, 0.4) is 0 Å². The molecule has 106 valence electrons. The van der Waals surface area contributed by atoms with E-state index in [0.717, 1.165) is 12.0 Å². The Labute approximate surface area is 114 Å². The number of hydrogen-bond donors (Lipinski definition) is 0. The summed E-state index contributed by atoms with van der Waals surface area (Å²) in [4.78, 5) is 1.95. The van der Waals surface area contributed by atoms with Crippen molar-refractivity contribution in [1.29, 1.82) is 0 Å². The third-order valence-electron chi connectivity index (χ3n) is 4.44. The molecule has 1 nitrogen and oxygen atoms in total. The van der Waals surface area contributed by atoms with Crippen LogP contribution in [0, 0.1) is 0 Å². The molecule has 1 aromatic rings. The third kappa shape index (κ3) is 2.29. The lowest BCUT2D eigenvalue weighted by Gasteiger charge is -2.51. The zero-order chi connectivity index (χ0) is 13.9. The van der Waals surface area contributed by atoms with Gasteiger partial charge in [0.25, 0.3) is 5.92 Å². The highest BCUT2D eigenvalue weighted by Gasteiger charge is 2.58. The van der Waals surface area contributed by atoms with Gasteiger partial charge in [-0.3, -0.25) is 4.90 Å². The molecular weight excluding hydrogens is 244 g/mol. The van der Waals surface area contributed by atoms with Crippen LogP contribution < -0.4 is 0 Å². The Bertz CT molecular complexity index is 400. The number of halogens is 2. The van der Waals surface area contributed by atoms with Crippen LogP contribution in [0.5, 0.6) is 0 Å². The van der Waals surface area contributed by atoms with Crippen molar-refractivity contribution in [2.75, 3.05) is 13.1 Å². The van der Waals surface area contributed by atoms with Gasteiger partial charge < -0.3 is 0 Å². The topological polar surface area (TPSA) is 3.24 Å². The quantitative estimate of drug-likeness (QED) is 0.780. The van der Waals surface area contributed by atoms with Crippen LogP contribution in [0.4, 0.5) is 8.78 Å². The maximum Gasteiger partial charge on any atom is 0.270 e. The molecule has 1 aliphatic rings. The van der Waals surface area contributed by atoms with Gasteiger partial charge in [-0.15, -0.1) is 0 Å². The molecule has 2 rings (SSSR count). The minimum absolute atomic E-state index is 0.00159. The van der Waals surface area contributed by atoms with Crippen molar-refractivity contribution in [1.82, 2.24) is 4.90 Å². The first-order chi connectivity index (χ1) is 9.08. The molecule has 0 N–H and O–H groups in total. The number of nitrogens with zero attached hydrogens (tertiary/aromatic N) is 1. The SMILES string of the molecule is CCN(CC)C1(c2ccccc2)CCCCC1(F)F. The van der Waals surface area contributed by atoms with E-state index in [2.05, 4.69) is 0 Å². The fourth-order valence-corrected chi connectivity index (χ4v) is 3.52. The minimum atomic E-state index is -2.65. The van der Waals surface area contributed by atoms with Crippen LogP contribution in [0.1, 0.15) is 45.1 Å². The molecule has 3 heteroatoms. The summed E-state index contributed by atoms with van der Waals surface area (Å²) in [5, 5.41) is 0. The van der Waals surface area contributed by atoms with Gasteiger partial charge in [0.15, 0.2) is 0 Å². The normalized spacial score (nSPS) is 26.6. The lowest BCUT2D eigenvalue weighted by molar-refractivity contribution is -0.173. The van der Waals surface area contributed by atoms with Crippen molar-refractivity contribution >= 4 is 0 Å². The van der Waals surface area contributed by atoms with Crippen molar-refractivity contribution in [3.8, 4) is 0 Å². The Morgan fingerprint density at radius 2 is 1.58 bits per heavy atom. The lowest BCUT2D eigenvalue weighted by Crippen LogP contribution is -2.59. The second-order valence-corrected chi connectivity index (χ2v) is 5.31. The largest absolute Gasteiger partial charge is 0.289 e. The highest BCUT2D eigenvalue weighted by atomic mass is 19.3. The van der Waals surface area contributed by atoms with E-state index in [0.29, 0.717) is 25.9 Å². The zero-order valence-electron chi connectivity index (χ0n) is 11.8. The van der Waals surface area contributed by atoms with E-state index >= 15 is 0 Å². The Hall–Kier alpha value is -0.960. The first-order valence-electron chi connectivity index (χ1n) is 7.27. The fourth-order valence-electron chi connectivity index (χ4n) is 3.52. The molecule has 1 fully saturated rings. The molecule has 0 heterocycles. The monoisotopic (exact) mass is 267 g/mol. The second-order valence-electron chi connectivity index (χ2n) is 5.31. The van der Waals surface area contributed by atoms with Gasteiger partial charge in [-0.2, -0.15) is 0 Å². The summed E-state index contributed by atoms with van der Waals surface area (Å²) in [6, 6.07) is 9.34. The predicted octanol–water partition coefficient (Wildman–Crippen LogP) is 4.43. The standard InChI is InChI=1S/C16H23F2N/c1-3-19(4-2)15(14-10-6-5-7-11-14)12-8-9-13-16(15,17)18/h5-7,10-11H,3-4,8-9,12-13H2,1-2H3. The first-order valence-corrected chi connectivity index (χ1v) is 7.27. The maximum absolute atomic E-state index is 14.8. The number of rotatable bonds is 4. The molecule has 1 atom stereocenters. The van der Waals surface area contributed by atoms with Gasteiger partial charge in [0.1, 0.15) is 5.54 Å². The molecule has 0 aliphatic heterocycles. The van der Waals surface area contributed by atoms with Gasteiger partial charge in [0, 0.05) is 6.42 Å². The molecule has 1 unspecified atom stereocenters. The Kier molecular flexibility index (Phi) is 4.24. The van der Waals surface area contributed by atoms with Gasteiger partial charge in [-0.05, 0) is 31.5 Å². The maximum atomic E-state index is 14.8. The van der Waals surface area contributed by atoms with Crippen molar-refractivity contribution in [2.45, 2.75) is 51.0 Å². The van der Waals surface area contributed by atoms with Crippen molar-refractivity contribution in [3.05, 3.63) is 35.9 Å². The van der Waals surface area contributed by atoms with Gasteiger partial charge in [-0.25, -0.2) is 8.78 Å². The second kappa shape index (κ2) is 5.58. The number of benzene rings is 1. The molecule has 0 saturated heterocycles. The summed E-state index contributed by atoms with van der Waals surface area (Å²) in [7, 11) is 0. The Balaban J connectivity index is 2.55. The summed E-state index contributed by atoms with van der Waals surface area (Å²) in [6.07, 6.45) is 2.05. The molecule has 0 amide bonds. The van der Waals surface area contributed by atoms with Crippen LogP contribution in [0.15, 0.2) is 30.3 Å². The van der Waals surface area contributed by atoms with E-state index < -0.39 is 11.5 Å². The van der Waals surface area contributed by atoms with E-state index in [1.54, 1.807) is 0 Å². The molecule has 0 bridgehead atoms. The van der Waals surface area contributed by atoms with Crippen molar-refractivity contribution in [2.24, 2.45) is 0 Å². The molecule has 0 aromatic heterocycles. The highest BCUT2D eigenvalue weighted by Crippen LogP contribution is 2.51. The molecule has 1 aromatic carbocycles. The average molecular weight is 267 g/mol. The van der Waals surface area contributed by atoms with E-state index in [4.69, 9.17) is 0 Å².